The van der Waals surface area contributed by atoms with E-state index < -0.39 is 23.0 Å². The molecule has 2 N–H and O–H groups in total. The van der Waals surface area contributed by atoms with Crippen molar-refractivity contribution in [3.8, 4) is 0 Å². The first-order valence-corrected chi connectivity index (χ1v) is 4.39. The van der Waals surface area contributed by atoms with Crippen molar-refractivity contribution >= 4 is 33.1 Å². The van der Waals surface area contributed by atoms with Crippen LogP contribution in [0.2, 0.25) is 5.15 Å². The van der Waals surface area contributed by atoms with Gasteiger partial charge in [-0.2, -0.15) is 0 Å². The Balaban J connectivity index is 2.98. The highest BCUT2D eigenvalue weighted by Gasteiger charge is 2.20. The molecule has 1 rings (SSSR count). The monoisotopic (exact) mass is 221 g/mol. The number of rotatable bonds is 3. The molecule has 0 saturated carbocycles. The smallest absolute Gasteiger partial charge is 0.193 e. The molecule has 15 heavy (non-hydrogen) atoms. The van der Waals surface area contributed by atoms with Crippen LogP contribution in [-0.2, 0) is 0 Å². The molecule has 1 aromatic heterocycles. The fourth-order valence-corrected chi connectivity index (χ4v) is 1.17. The lowest BCUT2D eigenvalue weighted by molar-refractivity contribution is 0.0913. The van der Waals surface area contributed by atoms with Crippen LogP contribution in [0.25, 0.3) is 0 Å². The van der Waals surface area contributed by atoms with Gasteiger partial charge in [0.15, 0.2) is 11.2 Å². The van der Waals surface area contributed by atoms with Gasteiger partial charge in [0.05, 0.1) is 21.3 Å². The fraction of sp³-hybridized carbons (Fsp3) is 0.250. The molecular formula is C8H6B2ClNO3. The van der Waals surface area contributed by atoms with E-state index >= 15 is 0 Å². The Labute approximate surface area is 93.5 Å². The quantitative estimate of drug-likeness (QED) is 0.414. The largest absolute Gasteiger partial charge is 0.409 e. The van der Waals surface area contributed by atoms with Gasteiger partial charge in [-0.25, -0.2) is 0 Å². The van der Waals surface area contributed by atoms with Crippen molar-refractivity contribution in [3.63, 3.8) is 0 Å². The van der Waals surface area contributed by atoms with Gasteiger partial charge < -0.3 is 10.1 Å². The second kappa shape index (κ2) is 4.24. The molecule has 0 aliphatic rings. The lowest BCUT2D eigenvalue weighted by Crippen LogP contribution is -2.33. The number of nitrogens with one attached hydrogen (secondary N) is 1. The summed E-state index contributed by atoms with van der Waals surface area (Å²) in [5.74, 6) is -0.652. The van der Waals surface area contributed by atoms with E-state index in [4.69, 9.17) is 32.4 Å². The number of carbonyl (C=O) groups excluding carboxylic acids is 1. The summed E-state index contributed by atoms with van der Waals surface area (Å²) in [5, 5.41) is 6.99. The third kappa shape index (κ3) is 3.57. The third-order valence-corrected chi connectivity index (χ3v) is 1.84. The summed E-state index contributed by atoms with van der Waals surface area (Å²) < 4.78 is 0. The molecular weight excluding hydrogens is 215 g/mol. The molecule has 4 nitrogen and oxygen atoms in total. The SMILES string of the molecule is [B]C([B])(O)CC(=O)c1c[nH]c(Cl)cc1=O. The summed E-state index contributed by atoms with van der Waals surface area (Å²) in [5.41, 5.74) is -0.693. The van der Waals surface area contributed by atoms with Gasteiger partial charge in [-0.1, -0.05) is 11.6 Å². The van der Waals surface area contributed by atoms with Crippen LogP contribution in [0.1, 0.15) is 16.8 Å². The summed E-state index contributed by atoms with van der Waals surface area (Å²) in [6, 6.07) is 1.06. The lowest BCUT2D eigenvalue weighted by Gasteiger charge is -2.16. The van der Waals surface area contributed by atoms with Gasteiger partial charge in [0, 0.05) is 18.7 Å². The highest BCUT2D eigenvalue weighted by Crippen LogP contribution is 2.07. The molecule has 0 aromatic carbocycles. The number of ketones is 1. The average Bonchev–Trinajstić information content (AvgIpc) is 1.99. The van der Waals surface area contributed by atoms with Crippen molar-refractivity contribution in [2.24, 2.45) is 0 Å². The number of pyridine rings is 1. The Morgan fingerprint density at radius 3 is 2.67 bits per heavy atom. The second-order valence-electron chi connectivity index (χ2n) is 3.15. The Morgan fingerprint density at radius 2 is 2.20 bits per heavy atom. The van der Waals surface area contributed by atoms with Crippen LogP contribution in [0.15, 0.2) is 17.1 Å². The van der Waals surface area contributed by atoms with Crippen LogP contribution in [0, 0.1) is 0 Å². The number of aromatic amines is 1. The summed E-state index contributed by atoms with van der Waals surface area (Å²) in [7, 11) is 10.1. The molecule has 74 valence electrons. The van der Waals surface area contributed by atoms with Crippen LogP contribution >= 0.6 is 11.6 Å². The number of aliphatic hydroxyl groups is 1. The van der Waals surface area contributed by atoms with Gasteiger partial charge in [0.25, 0.3) is 0 Å². The number of H-pyrrole nitrogens is 1. The Bertz CT molecular complexity index is 438. The number of hydrogen-bond acceptors (Lipinski definition) is 3. The predicted octanol–water partition coefficient (Wildman–Crippen LogP) is -0.416. The van der Waals surface area contributed by atoms with Gasteiger partial charge in [0.1, 0.15) is 5.15 Å². The average molecular weight is 221 g/mol. The molecule has 1 aromatic rings. The molecule has 0 bridgehead atoms. The molecule has 0 fully saturated rings. The van der Waals surface area contributed by atoms with E-state index in [1.165, 1.54) is 0 Å². The van der Waals surface area contributed by atoms with E-state index in [0.29, 0.717) is 0 Å². The summed E-state index contributed by atoms with van der Waals surface area (Å²) in [6.07, 6.45) is 0.608. The zero-order chi connectivity index (χ0) is 11.6. The first-order valence-electron chi connectivity index (χ1n) is 4.01. The van der Waals surface area contributed by atoms with Gasteiger partial charge in [-0.05, 0) is 5.40 Å². The topological polar surface area (TPSA) is 70.2 Å². The molecule has 0 unspecified atom stereocenters. The van der Waals surface area contributed by atoms with Gasteiger partial charge in [-0.15, -0.1) is 0 Å². The molecule has 0 aliphatic carbocycles. The van der Waals surface area contributed by atoms with Crippen molar-refractivity contribution in [1.29, 1.82) is 0 Å². The first kappa shape index (κ1) is 12.1. The van der Waals surface area contributed by atoms with Crippen molar-refractivity contribution < 1.29 is 9.90 Å². The molecule has 1 heterocycles. The maximum atomic E-state index is 11.4. The van der Waals surface area contributed by atoms with Gasteiger partial charge >= 0.3 is 0 Å². The first-order chi connectivity index (χ1) is 6.79. The number of hydrogen-bond donors (Lipinski definition) is 2. The standard InChI is InChI=1S/C8H6B2ClNO3/c9-8(10,15)2-6(14)4-3-12-7(11)1-5(4)13/h1,3,15H,2H2,(H,12,13). The number of Topliss-reactive ketones (excluding diaryl/α,β-unsaturated/α-hetero) is 1. The predicted molar refractivity (Wildman–Crippen MR) is 57.5 cm³/mol. The summed E-state index contributed by atoms with van der Waals surface area (Å²) >= 11 is 5.49. The third-order valence-electron chi connectivity index (χ3n) is 1.62. The summed E-state index contributed by atoms with van der Waals surface area (Å²) in [6.45, 7) is 0. The highest BCUT2D eigenvalue weighted by molar-refractivity contribution is 6.40. The minimum absolute atomic E-state index is 0.118. The molecule has 0 saturated heterocycles. The Hall–Kier alpha value is -1.00. The van der Waals surface area contributed by atoms with E-state index in [0.717, 1.165) is 12.3 Å². The number of carbonyl (C=O) groups is 1. The molecule has 4 radical (unpaired) electrons. The van der Waals surface area contributed by atoms with E-state index in [-0.39, 0.29) is 10.7 Å². The molecule has 0 atom stereocenters. The Morgan fingerprint density at radius 1 is 1.60 bits per heavy atom. The van der Waals surface area contributed by atoms with Crippen molar-refractivity contribution in [3.05, 3.63) is 33.2 Å². The number of halogens is 1. The van der Waals surface area contributed by atoms with Crippen LogP contribution in [-0.4, -0.2) is 37.0 Å². The van der Waals surface area contributed by atoms with E-state index in [1.54, 1.807) is 0 Å². The molecule has 0 amide bonds. The zero-order valence-electron chi connectivity index (χ0n) is 7.66. The maximum Gasteiger partial charge on any atom is 0.193 e. The normalized spacial score (nSPS) is 11.3. The van der Waals surface area contributed by atoms with Gasteiger partial charge in [-0.3, -0.25) is 9.59 Å². The molecule has 7 heteroatoms. The van der Waals surface area contributed by atoms with E-state index in [1.807, 2.05) is 0 Å². The minimum Gasteiger partial charge on any atom is -0.409 e. The van der Waals surface area contributed by atoms with Crippen LogP contribution < -0.4 is 5.43 Å². The van der Waals surface area contributed by atoms with E-state index in [2.05, 4.69) is 4.98 Å². The van der Waals surface area contributed by atoms with Crippen molar-refractivity contribution in [2.45, 2.75) is 11.8 Å². The number of aromatic nitrogens is 1. The summed E-state index contributed by atoms with van der Waals surface area (Å²) in [4.78, 5) is 25.2. The maximum absolute atomic E-state index is 11.4. The second-order valence-corrected chi connectivity index (χ2v) is 3.56. The van der Waals surface area contributed by atoms with Crippen molar-refractivity contribution in [2.75, 3.05) is 0 Å². The zero-order valence-corrected chi connectivity index (χ0v) is 8.41. The van der Waals surface area contributed by atoms with Crippen LogP contribution in [0.5, 0.6) is 0 Å². The van der Waals surface area contributed by atoms with Crippen LogP contribution in [0.4, 0.5) is 0 Å². The minimum atomic E-state index is -2.12. The van der Waals surface area contributed by atoms with E-state index in [9.17, 15) is 9.59 Å². The van der Waals surface area contributed by atoms with Gasteiger partial charge in [0.2, 0.25) is 0 Å². The van der Waals surface area contributed by atoms with Crippen molar-refractivity contribution in [1.82, 2.24) is 4.98 Å². The lowest BCUT2D eigenvalue weighted by atomic mass is 9.62. The Kier molecular flexibility index (Phi) is 3.42. The molecule has 0 aliphatic heterocycles. The fourth-order valence-electron chi connectivity index (χ4n) is 1.02. The van der Waals surface area contributed by atoms with Crippen LogP contribution in [0.3, 0.4) is 0 Å². The molecule has 0 spiro atoms. The highest BCUT2D eigenvalue weighted by atomic mass is 35.5.